The van der Waals surface area contributed by atoms with E-state index in [0.717, 1.165) is 23.9 Å². The number of aryl methyl sites for hydroxylation is 2. The van der Waals surface area contributed by atoms with Gasteiger partial charge >= 0.3 is 0 Å². The second kappa shape index (κ2) is 9.15. The lowest BCUT2D eigenvalue weighted by atomic mass is 9.90. The number of pyridine rings is 2. The number of fused-ring (bicyclic) bond motifs is 2. The molecule has 4 aromatic rings. The van der Waals surface area contributed by atoms with Gasteiger partial charge < -0.3 is 4.90 Å². The van der Waals surface area contributed by atoms with Gasteiger partial charge in [-0.15, -0.1) is 0 Å². The van der Waals surface area contributed by atoms with Crippen molar-refractivity contribution in [1.82, 2.24) is 14.9 Å². The SMILES string of the molecule is CN1[C@@H](CCc2ccc3ccccc3n2)CCC[C@H]1CCc1ccc2ccccc2n1. The molecule has 2 aromatic carbocycles. The van der Waals surface area contributed by atoms with Crippen molar-refractivity contribution in [2.24, 2.45) is 0 Å². The molecule has 0 unspecified atom stereocenters. The lowest BCUT2D eigenvalue weighted by Crippen LogP contribution is -2.44. The first-order valence-electron chi connectivity index (χ1n) is 11.7. The maximum Gasteiger partial charge on any atom is 0.0705 e. The molecule has 3 heteroatoms. The summed E-state index contributed by atoms with van der Waals surface area (Å²) in [5.41, 5.74) is 4.65. The lowest BCUT2D eigenvalue weighted by Gasteiger charge is -2.40. The Bertz CT molecular complexity index is 1080. The highest BCUT2D eigenvalue weighted by Crippen LogP contribution is 2.27. The van der Waals surface area contributed by atoms with Crippen LogP contribution in [0.3, 0.4) is 0 Å². The quantitative estimate of drug-likeness (QED) is 0.379. The molecule has 5 rings (SSSR count). The molecule has 0 N–H and O–H groups in total. The minimum absolute atomic E-state index is 0.650. The molecule has 1 fully saturated rings. The molecule has 2 aromatic heterocycles. The zero-order valence-corrected chi connectivity index (χ0v) is 18.4. The van der Waals surface area contributed by atoms with Crippen molar-refractivity contribution in [2.45, 2.75) is 57.0 Å². The molecule has 3 nitrogen and oxygen atoms in total. The highest BCUT2D eigenvalue weighted by molar-refractivity contribution is 5.79. The average molecular weight is 410 g/mol. The summed E-state index contributed by atoms with van der Waals surface area (Å²) in [6.07, 6.45) is 8.41. The van der Waals surface area contributed by atoms with Crippen molar-refractivity contribution >= 4 is 21.8 Å². The first kappa shape index (κ1) is 20.1. The van der Waals surface area contributed by atoms with Gasteiger partial charge in [-0.2, -0.15) is 0 Å². The molecule has 2 atom stereocenters. The molecule has 0 radical (unpaired) electrons. The van der Waals surface area contributed by atoms with Crippen LogP contribution in [-0.2, 0) is 12.8 Å². The van der Waals surface area contributed by atoms with Gasteiger partial charge in [-0.25, -0.2) is 0 Å². The largest absolute Gasteiger partial charge is 0.300 e. The fraction of sp³-hybridized carbons (Fsp3) is 0.357. The van der Waals surface area contributed by atoms with Gasteiger partial charge in [0.1, 0.15) is 0 Å². The third-order valence-corrected chi connectivity index (χ3v) is 7.01. The van der Waals surface area contributed by atoms with Gasteiger partial charge in [0.05, 0.1) is 11.0 Å². The number of piperidine rings is 1. The summed E-state index contributed by atoms with van der Waals surface area (Å²) in [6.45, 7) is 0. The van der Waals surface area contributed by atoms with E-state index in [1.54, 1.807) is 0 Å². The van der Waals surface area contributed by atoms with Crippen molar-refractivity contribution in [1.29, 1.82) is 0 Å². The Balaban J connectivity index is 1.19. The smallest absolute Gasteiger partial charge is 0.0705 e. The minimum atomic E-state index is 0.650. The van der Waals surface area contributed by atoms with Crippen molar-refractivity contribution < 1.29 is 0 Å². The zero-order chi connectivity index (χ0) is 21.0. The maximum absolute atomic E-state index is 4.88. The molecule has 0 bridgehead atoms. The van der Waals surface area contributed by atoms with Crippen LogP contribution in [0.25, 0.3) is 21.8 Å². The normalized spacial score (nSPS) is 19.8. The lowest BCUT2D eigenvalue weighted by molar-refractivity contribution is 0.102. The fourth-order valence-electron chi connectivity index (χ4n) is 5.11. The van der Waals surface area contributed by atoms with Crippen LogP contribution in [0.15, 0.2) is 72.8 Å². The van der Waals surface area contributed by atoms with E-state index in [2.05, 4.69) is 84.7 Å². The summed E-state index contributed by atoms with van der Waals surface area (Å²) in [7, 11) is 2.33. The van der Waals surface area contributed by atoms with Crippen LogP contribution >= 0.6 is 0 Å². The van der Waals surface area contributed by atoms with E-state index in [-0.39, 0.29) is 0 Å². The van der Waals surface area contributed by atoms with Crippen LogP contribution < -0.4 is 0 Å². The predicted octanol–water partition coefficient (Wildman–Crippen LogP) is 6.20. The van der Waals surface area contributed by atoms with Gasteiger partial charge in [0.2, 0.25) is 0 Å². The number of para-hydroxylation sites is 2. The third kappa shape index (κ3) is 4.62. The van der Waals surface area contributed by atoms with E-state index >= 15 is 0 Å². The van der Waals surface area contributed by atoms with Crippen molar-refractivity contribution in [2.75, 3.05) is 7.05 Å². The van der Waals surface area contributed by atoms with Gasteiger partial charge in [0.15, 0.2) is 0 Å². The molecule has 1 aliphatic rings. The van der Waals surface area contributed by atoms with E-state index in [9.17, 15) is 0 Å². The first-order valence-corrected chi connectivity index (χ1v) is 11.7. The van der Waals surface area contributed by atoms with Crippen LogP contribution in [0.2, 0.25) is 0 Å². The van der Waals surface area contributed by atoms with Crippen LogP contribution in [-0.4, -0.2) is 34.0 Å². The molecular weight excluding hydrogens is 378 g/mol. The standard InChI is InChI=1S/C28H31N3/c1-31-25(19-17-23-15-13-21-7-2-4-11-27(21)29-23)9-6-10-26(31)20-18-24-16-14-22-8-3-5-12-28(22)30-24/h2-5,7-8,11-16,25-26H,6,9-10,17-20H2,1H3/t25-,26+. The summed E-state index contributed by atoms with van der Waals surface area (Å²) < 4.78 is 0. The molecule has 0 aliphatic carbocycles. The fourth-order valence-corrected chi connectivity index (χ4v) is 5.11. The van der Waals surface area contributed by atoms with E-state index in [0.29, 0.717) is 12.1 Å². The van der Waals surface area contributed by atoms with Crippen LogP contribution in [0, 0.1) is 0 Å². The molecule has 0 spiro atoms. The molecule has 0 amide bonds. The monoisotopic (exact) mass is 409 g/mol. The first-order chi connectivity index (χ1) is 15.3. The second-order valence-corrected chi connectivity index (χ2v) is 8.97. The molecule has 31 heavy (non-hydrogen) atoms. The average Bonchev–Trinajstić information content (AvgIpc) is 2.82. The van der Waals surface area contributed by atoms with Crippen molar-refractivity contribution in [3.8, 4) is 0 Å². The van der Waals surface area contributed by atoms with Gasteiger partial charge in [-0.1, -0.05) is 55.0 Å². The zero-order valence-electron chi connectivity index (χ0n) is 18.4. The molecule has 0 saturated carbocycles. The molecule has 3 heterocycles. The Morgan fingerprint density at radius 2 is 1.16 bits per heavy atom. The molecule has 1 saturated heterocycles. The van der Waals surface area contributed by atoms with Crippen LogP contribution in [0.4, 0.5) is 0 Å². The number of hydrogen-bond donors (Lipinski definition) is 0. The summed E-state index contributed by atoms with van der Waals surface area (Å²) in [5.74, 6) is 0. The number of likely N-dealkylation sites (tertiary alicyclic amines) is 1. The van der Waals surface area contributed by atoms with E-state index in [4.69, 9.17) is 9.97 Å². The van der Waals surface area contributed by atoms with Gasteiger partial charge in [0.25, 0.3) is 0 Å². The summed E-state index contributed by atoms with van der Waals surface area (Å²) >= 11 is 0. The minimum Gasteiger partial charge on any atom is -0.300 e. The number of aromatic nitrogens is 2. The van der Waals surface area contributed by atoms with Crippen molar-refractivity contribution in [3.63, 3.8) is 0 Å². The number of nitrogens with zero attached hydrogens (tertiary/aromatic N) is 3. The predicted molar refractivity (Wildman–Crippen MR) is 129 cm³/mol. The van der Waals surface area contributed by atoms with Crippen LogP contribution in [0.5, 0.6) is 0 Å². The Labute approximate surface area is 185 Å². The number of rotatable bonds is 6. The summed E-state index contributed by atoms with van der Waals surface area (Å²) in [5, 5.41) is 2.45. The Morgan fingerprint density at radius 1 is 0.677 bits per heavy atom. The Hall–Kier alpha value is -2.78. The van der Waals surface area contributed by atoms with Gasteiger partial charge in [-0.3, -0.25) is 9.97 Å². The van der Waals surface area contributed by atoms with Crippen molar-refractivity contribution in [3.05, 3.63) is 84.2 Å². The van der Waals surface area contributed by atoms with E-state index < -0.39 is 0 Å². The summed E-state index contributed by atoms with van der Waals surface area (Å²) in [4.78, 5) is 12.4. The highest BCUT2D eigenvalue weighted by atomic mass is 15.2. The summed E-state index contributed by atoms with van der Waals surface area (Å²) in [6, 6.07) is 26.9. The number of hydrogen-bond acceptors (Lipinski definition) is 3. The van der Waals surface area contributed by atoms with Gasteiger partial charge in [-0.05, 0) is 69.8 Å². The Kier molecular flexibility index (Phi) is 5.95. The van der Waals surface area contributed by atoms with E-state index in [1.807, 2.05) is 0 Å². The second-order valence-electron chi connectivity index (χ2n) is 8.97. The molecule has 158 valence electrons. The number of benzene rings is 2. The highest BCUT2D eigenvalue weighted by Gasteiger charge is 2.27. The molecular formula is C28H31N3. The maximum atomic E-state index is 4.88. The Morgan fingerprint density at radius 3 is 1.68 bits per heavy atom. The molecule has 1 aliphatic heterocycles. The third-order valence-electron chi connectivity index (χ3n) is 7.01. The van der Waals surface area contributed by atoms with Gasteiger partial charge in [0, 0.05) is 34.2 Å². The van der Waals surface area contributed by atoms with E-state index in [1.165, 1.54) is 54.3 Å². The van der Waals surface area contributed by atoms with Crippen LogP contribution in [0.1, 0.15) is 43.5 Å². The topological polar surface area (TPSA) is 29.0 Å².